The highest BCUT2D eigenvalue weighted by Crippen LogP contribution is 2.38. The monoisotopic (exact) mass is 530 g/mol. The molecule has 10 heteroatoms. The number of carbonyl (C=O) groups is 1. The minimum Gasteiger partial charge on any atom is -0.369 e. The quantitative estimate of drug-likeness (QED) is 0.201. The van der Waals surface area contributed by atoms with Gasteiger partial charge in [-0.2, -0.15) is 0 Å². The molecule has 1 atom stereocenters. The van der Waals surface area contributed by atoms with Crippen molar-refractivity contribution in [3.63, 3.8) is 0 Å². The lowest BCUT2D eigenvalue weighted by Gasteiger charge is -2.23. The predicted octanol–water partition coefficient (Wildman–Crippen LogP) is 4.66. The molecule has 0 aliphatic carbocycles. The van der Waals surface area contributed by atoms with E-state index in [4.69, 9.17) is 17.2 Å². The van der Waals surface area contributed by atoms with Gasteiger partial charge < -0.3 is 9.88 Å². The first-order valence-electron chi connectivity index (χ1n) is 12.0. The van der Waals surface area contributed by atoms with Crippen LogP contribution in [0.3, 0.4) is 0 Å². The van der Waals surface area contributed by atoms with Crippen LogP contribution in [0.15, 0.2) is 77.1 Å². The zero-order chi connectivity index (χ0) is 25.9. The second-order valence-electron chi connectivity index (χ2n) is 8.78. The first-order chi connectivity index (χ1) is 17.9. The Kier molecular flexibility index (Phi) is 7.20. The number of rotatable bonds is 8. The van der Waals surface area contributed by atoms with Gasteiger partial charge in [0.25, 0.3) is 11.5 Å². The van der Waals surface area contributed by atoms with E-state index < -0.39 is 0 Å². The van der Waals surface area contributed by atoms with Crippen molar-refractivity contribution in [3.8, 4) is 0 Å². The first kappa shape index (κ1) is 24.9. The van der Waals surface area contributed by atoms with Crippen LogP contribution >= 0.6 is 24.0 Å². The molecule has 37 heavy (non-hydrogen) atoms. The third kappa shape index (κ3) is 5.07. The molecule has 1 amide bonds. The molecule has 0 spiro atoms. The largest absolute Gasteiger partial charge is 0.369 e. The van der Waals surface area contributed by atoms with E-state index in [2.05, 4.69) is 10.3 Å². The van der Waals surface area contributed by atoms with E-state index in [1.165, 1.54) is 16.2 Å². The summed E-state index contributed by atoms with van der Waals surface area (Å²) in [5, 5.41) is 3.33. The summed E-state index contributed by atoms with van der Waals surface area (Å²) in [5.41, 5.74) is 2.54. The number of hydrogen-bond acceptors (Lipinski definition) is 7. The number of thioether (sulfide) groups is 1. The maximum atomic E-state index is 13.6. The van der Waals surface area contributed by atoms with Crippen molar-refractivity contribution in [2.75, 3.05) is 11.9 Å². The lowest BCUT2D eigenvalue weighted by atomic mass is 10.1. The van der Waals surface area contributed by atoms with Crippen molar-refractivity contribution < 1.29 is 4.79 Å². The summed E-state index contributed by atoms with van der Waals surface area (Å²) in [6.07, 6.45) is 9.55. The topological polar surface area (TPSA) is 84.5 Å². The van der Waals surface area contributed by atoms with Crippen molar-refractivity contribution in [1.29, 1.82) is 0 Å². The van der Waals surface area contributed by atoms with Gasteiger partial charge in [0.05, 0.1) is 22.8 Å². The van der Waals surface area contributed by atoms with Gasteiger partial charge >= 0.3 is 0 Å². The van der Waals surface area contributed by atoms with Crippen LogP contribution in [-0.4, -0.2) is 40.6 Å². The van der Waals surface area contributed by atoms with Gasteiger partial charge in [0.1, 0.15) is 15.8 Å². The molecular weight excluding hydrogens is 504 g/mol. The standard InChI is InChI=1S/C27H26N6O2S2/c1-18-8-6-14-32-24(18)30-23(29-11-7-13-31-15-12-28-17-31)21(25(32)34)16-22-26(35)33(27(36)37-22)19(2)20-9-4-3-5-10-20/h3-6,8-10,12,14-17,19,29H,7,11,13H2,1-2H3/b22-16-/t19-/m1/s1. The molecule has 4 aromatic rings. The highest BCUT2D eigenvalue weighted by Gasteiger charge is 2.36. The number of pyridine rings is 1. The number of aryl methyl sites for hydroxylation is 2. The molecule has 0 saturated carbocycles. The molecule has 1 aliphatic heterocycles. The lowest BCUT2D eigenvalue weighted by Crippen LogP contribution is -2.31. The second kappa shape index (κ2) is 10.7. The number of aromatic nitrogens is 4. The van der Waals surface area contributed by atoms with E-state index in [-0.39, 0.29) is 17.5 Å². The van der Waals surface area contributed by atoms with Crippen LogP contribution in [0.4, 0.5) is 5.82 Å². The molecule has 0 radical (unpaired) electrons. The van der Waals surface area contributed by atoms with Crippen LogP contribution in [0.2, 0.25) is 0 Å². The number of imidazole rings is 1. The first-order valence-corrected chi connectivity index (χ1v) is 13.2. The van der Waals surface area contributed by atoms with Crippen molar-refractivity contribution >= 4 is 51.7 Å². The Hall–Kier alpha value is -3.76. The number of benzene rings is 1. The number of anilines is 1. The van der Waals surface area contributed by atoms with E-state index in [1.807, 2.05) is 67.1 Å². The van der Waals surface area contributed by atoms with Gasteiger partial charge in [-0.15, -0.1) is 0 Å². The Bertz CT molecular complexity index is 1550. The van der Waals surface area contributed by atoms with Crippen LogP contribution in [0, 0.1) is 6.92 Å². The van der Waals surface area contributed by atoms with Gasteiger partial charge in [0.15, 0.2) is 0 Å². The smallest absolute Gasteiger partial charge is 0.267 e. The molecule has 1 aromatic carbocycles. The van der Waals surface area contributed by atoms with Crippen LogP contribution in [0.5, 0.6) is 0 Å². The molecule has 0 bridgehead atoms. The fourth-order valence-corrected chi connectivity index (χ4v) is 5.69. The summed E-state index contributed by atoms with van der Waals surface area (Å²) < 4.78 is 3.98. The summed E-state index contributed by atoms with van der Waals surface area (Å²) in [7, 11) is 0. The maximum Gasteiger partial charge on any atom is 0.267 e. The lowest BCUT2D eigenvalue weighted by molar-refractivity contribution is -0.123. The molecule has 1 aliphatic rings. The minimum atomic E-state index is -0.243. The SMILES string of the molecule is Cc1cccn2c(=O)c(/C=C3\SC(=S)N([C@H](C)c4ccccc4)C3=O)c(NCCCn3ccnc3)nc12. The van der Waals surface area contributed by atoms with Crippen molar-refractivity contribution in [1.82, 2.24) is 23.8 Å². The number of thiocarbonyl (C=S) groups is 1. The molecular formula is C27H26N6O2S2. The fraction of sp³-hybridized carbons (Fsp3) is 0.222. The van der Waals surface area contributed by atoms with E-state index >= 15 is 0 Å². The number of nitrogens with zero attached hydrogens (tertiary/aromatic N) is 5. The minimum absolute atomic E-state index is 0.217. The molecule has 1 N–H and O–H groups in total. The third-order valence-corrected chi connectivity index (χ3v) is 7.63. The number of amides is 1. The van der Waals surface area contributed by atoms with Gasteiger partial charge in [0.2, 0.25) is 0 Å². The normalized spacial score (nSPS) is 15.6. The summed E-state index contributed by atoms with van der Waals surface area (Å²) in [5.74, 6) is 0.234. The second-order valence-corrected chi connectivity index (χ2v) is 10.5. The van der Waals surface area contributed by atoms with Crippen molar-refractivity contribution in [2.45, 2.75) is 32.9 Å². The Morgan fingerprint density at radius 1 is 1.14 bits per heavy atom. The van der Waals surface area contributed by atoms with E-state index in [9.17, 15) is 9.59 Å². The molecule has 1 fully saturated rings. The van der Waals surface area contributed by atoms with Gasteiger partial charge in [-0.1, -0.05) is 60.4 Å². The zero-order valence-electron chi connectivity index (χ0n) is 20.5. The van der Waals surface area contributed by atoms with Gasteiger partial charge in [-0.3, -0.25) is 18.9 Å². The highest BCUT2D eigenvalue weighted by atomic mass is 32.2. The van der Waals surface area contributed by atoms with Crippen molar-refractivity contribution in [3.05, 3.63) is 99.3 Å². The van der Waals surface area contributed by atoms with Crippen LogP contribution in [0.1, 0.15) is 36.1 Å². The predicted molar refractivity (Wildman–Crippen MR) is 151 cm³/mol. The summed E-state index contributed by atoms with van der Waals surface area (Å²) >= 11 is 6.78. The average molecular weight is 531 g/mol. The van der Waals surface area contributed by atoms with Crippen LogP contribution in [0.25, 0.3) is 11.7 Å². The Labute approximate surface area is 224 Å². The van der Waals surface area contributed by atoms with Crippen molar-refractivity contribution in [2.24, 2.45) is 0 Å². The summed E-state index contributed by atoms with van der Waals surface area (Å²) in [6, 6.07) is 13.3. The summed E-state index contributed by atoms with van der Waals surface area (Å²) in [6.45, 7) is 5.25. The van der Waals surface area contributed by atoms with Gasteiger partial charge in [-0.25, -0.2) is 9.97 Å². The van der Waals surface area contributed by atoms with Gasteiger partial charge in [-0.05, 0) is 43.5 Å². The Balaban J connectivity index is 1.48. The Morgan fingerprint density at radius 3 is 2.70 bits per heavy atom. The van der Waals surface area contributed by atoms with Gasteiger partial charge in [0, 0.05) is 31.7 Å². The van der Waals surface area contributed by atoms with Crippen LogP contribution in [-0.2, 0) is 11.3 Å². The number of fused-ring (bicyclic) bond motifs is 1. The van der Waals surface area contributed by atoms with Crippen LogP contribution < -0.4 is 10.9 Å². The van der Waals surface area contributed by atoms with E-state index in [0.29, 0.717) is 32.8 Å². The average Bonchev–Trinajstić information content (AvgIpc) is 3.52. The number of hydrogen-bond donors (Lipinski definition) is 1. The third-order valence-electron chi connectivity index (χ3n) is 6.30. The number of carbonyl (C=O) groups excluding carboxylic acids is 1. The Morgan fingerprint density at radius 2 is 1.95 bits per heavy atom. The van der Waals surface area contributed by atoms with E-state index in [1.54, 1.807) is 29.7 Å². The maximum absolute atomic E-state index is 13.6. The number of nitrogens with one attached hydrogen (secondary N) is 1. The molecule has 1 saturated heterocycles. The fourth-order valence-electron chi connectivity index (χ4n) is 4.29. The van der Waals surface area contributed by atoms with E-state index in [0.717, 1.165) is 24.1 Å². The summed E-state index contributed by atoms with van der Waals surface area (Å²) in [4.78, 5) is 37.9. The molecule has 5 rings (SSSR count). The zero-order valence-corrected chi connectivity index (χ0v) is 22.1. The molecule has 3 aromatic heterocycles. The molecule has 188 valence electrons. The highest BCUT2D eigenvalue weighted by molar-refractivity contribution is 8.26. The molecule has 4 heterocycles. The molecule has 8 nitrogen and oxygen atoms in total. The molecule has 0 unspecified atom stereocenters.